The summed E-state index contributed by atoms with van der Waals surface area (Å²) in [6.45, 7) is 2.00. The van der Waals surface area contributed by atoms with Gasteiger partial charge in [0, 0.05) is 24.4 Å². The summed E-state index contributed by atoms with van der Waals surface area (Å²) < 4.78 is 0. The molecule has 2 aromatic rings. The van der Waals surface area contributed by atoms with E-state index >= 15 is 0 Å². The molecule has 1 atom stereocenters. The van der Waals surface area contributed by atoms with Gasteiger partial charge in [0.15, 0.2) is 0 Å². The average Bonchev–Trinajstić information content (AvgIpc) is 2.91. The van der Waals surface area contributed by atoms with Crippen LogP contribution in [0.25, 0.3) is 0 Å². The van der Waals surface area contributed by atoms with Crippen LogP contribution in [-0.4, -0.2) is 24.0 Å². The van der Waals surface area contributed by atoms with E-state index in [2.05, 4.69) is 21.7 Å². The molecule has 0 aromatic carbocycles. The molecule has 4 nitrogen and oxygen atoms in total. The standard InChI is InChI=1S/C14H17N3OS/c1-10(8-12-4-3-7-19-12)17-14(18)13-6-5-11(15-2)9-16-13/h3-7,9-10,15H,8H2,1-2H3,(H,17,18). The third kappa shape index (κ3) is 3.79. The Morgan fingerprint density at radius 2 is 2.26 bits per heavy atom. The quantitative estimate of drug-likeness (QED) is 0.881. The molecule has 0 aliphatic rings. The van der Waals surface area contributed by atoms with Gasteiger partial charge in [-0.1, -0.05) is 6.07 Å². The van der Waals surface area contributed by atoms with Crippen molar-refractivity contribution in [3.63, 3.8) is 0 Å². The van der Waals surface area contributed by atoms with Crippen LogP contribution in [0.1, 0.15) is 22.3 Å². The molecule has 2 N–H and O–H groups in total. The molecule has 0 saturated carbocycles. The monoisotopic (exact) mass is 275 g/mol. The fourth-order valence-electron chi connectivity index (χ4n) is 1.76. The molecule has 1 amide bonds. The Kier molecular flexibility index (Phi) is 4.52. The molecule has 19 heavy (non-hydrogen) atoms. The number of aromatic nitrogens is 1. The molecule has 0 fully saturated rings. The van der Waals surface area contributed by atoms with Gasteiger partial charge in [0.2, 0.25) is 0 Å². The van der Waals surface area contributed by atoms with Gasteiger partial charge in [-0.15, -0.1) is 11.3 Å². The lowest BCUT2D eigenvalue weighted by atomic mass is 10.2. The van der Waals surface area contributed by atoms with Crippen LogP contribution in [0, 0.1) is 0 Å². The second-order valence-electron chi connectivity index (χ2n) is 4.34. The fraction of sp³-hybridized carbons (Fsp3) is 0.286. The summed E-state index contributed by atoms with van der Waals surface area (Å²) in [7, 11) is 1.82. The van der Waals surface area contributed by atoms with Crippen LogP contribution in [-0.2, 0) is 6.42 Å². The van der Waals surface area contributed by atoms with Crippen molar-refractivity contribution in [2.45, 2.75) is 19.4 Å². The smallest absolute Gasteiger partial charge is 0.270 e. The van der Waals surface area contributed by atoms with E-state index in [4.69, 9.17) is 0 Å². The van der Waals surface area contributed by atoms with Crippen molar-refractivity contribution in [1.82, 2.24) is 10.3 Å². The van der Waals surface area contributed by atoms with E-state index in [-0.39, 0.29) is 11.9 Å². The van der Waals surface area contributed by atoms with Crippen molar-refractivity contribution in [2.75, 3.05) is 12.4 Å². The zero-order chi connectivity index (χ0) is 13.7. The molecule has 0 spiro atoms. The third-order valence-corrected chi connectivity index (χ3v) is 3.65. The number of carbonyl (C=O) groups is 1. The summed E-state index contributed by atoms with van der Waals surface area (Å²) in [5.74, 6) is -0.133. The summed E-state index contributed by atoms with van der Waals surface area (Å²) in [6, 6.07) is 7.75. The van der Waals surface area contributed by atoms with Crippen molar-refractivity contribution >= 4 is 22.9 Å². The lowest BCUT2D eigenvalue weighted by Crippen LogP contribution is -2.34. The maximum Gasteiger partial charge on any atom is 0.270 e. The van der Waals surface area contributed by atoms with Gasteiger partial charge in [-0.3, -0.25) is 4.79 Å². The number of hydrogen-bond acceptors (Lipinski definition) is 4. The maximum atomic E-state index is 12.0. The lowest BCUT2D eigenvalue weighted by molar-refractivity contribution is 0.0935. The minimum atomic E-state index is -0.133. The van der Waals surface area contributed by atoms with Crippen LogP contribution in [0.5, 0.6) is 0 Å². The number of pyridine rings is 1. The molecule has 0 aliphatic carbocycles. The highest BCUT2D eigenvalue weighted by Crippen LogP contribution is 2.11. The molecule has 1 unspecified atom stereocenters. The van der Waals surface area contributed by atoms with Crippen molar-refractivity contribution in [2.24, 2.45) is 0 Å². The Morgan fingerprint density at radius 3 is 2.84 bits per heavy atom. The molecule has 5 heteroatoms. The summed E-state index contributed by atoms with van der Waals surface area (Å²) in [6.07, 6.45) is 2.50. The molecule has 0 saturated heterocycles. The molecular formula is C14H17N3OS. The Bertz CT molecular complexity index is 522. The highest BCUT2D eigenvalue weighted by atomic mass is 32.1. The fourth-order valence-corrected chi connectivity index (χ4v) is 2.59. The van der Waals surface area contributed by atoms with Gasteiger partial charge in [-0.05, 0) is 30.5 Å². The van der Waals surface area contributed by atoms with Crippen LogP contribution < -0.4 is 10.6 Å². The van der Waals surface area contributed by atoms with E-state index in [0.717, 1.165) is 12.1 Å². The molecule has 0 aliphatic heterocycles. The van der Waals surface area contributed by atoms with Gasteiger partial charge in [0.05, 0.1) is 11.9 Å². The van der Waals surface area contributed by atoms with E-state index < -0.39 is 0 Å². The molecule has 100 valence electrons. The number of carbonyl (C=O) groups excluding carboxylic acids is 1. The normalized spacial score (nSPS) is 11.9. The van der Waals surface area contributed by atoms with E-state index in [1.54, 1.807) is 23.6 Å². The first-order valence-electron chi connectivity index (χ1n) is 6.16. The number of nitrogens with one attached hydrogen (secondary N) is 2. The van der Waals surface area contributed by atoms with E-state index in [1.165, 1.54) is 4.88 Å². The van der Waals surface area contributed by atoms with Crippen LogP contribution in [0.15, 0.2) is 35.8 Å². The largest absolute Gasteiger partial charge is 0.387 e. The van der Waals surface area contributed by atoms with Crippen molar-refractivity contribution in [3.05, 3.63) is 46.4 Å². The zero-order valence-corrected chi connectivity index (χ0v) is 11.8. The maximum absolute atomic E-state index is 12.0. The van der Waals surface area contributed by atoms with Gasteiger partial charge >= 0.3 is 0 Å². The number of hydrogen-bond donors (Lipinski definition) is 2. The van der Waals surface area contributed by atoms with Crippen LogP contribution in [0.2, 0.25) is 0 Å². The molecule has 2 heterocycles. The Morgan fingerprint density at radius 1 is 1.42 bits per heavy atom. The van der Waals surface area contributed by atoms with Crippen molar-refractivity contribution < 1.29 is 4.79 Å². The minimum absolute atomic E-state index is 0.0944. The van der Waals surface area contributed by atoms with Gasteiger partial charge < -0.3 is 10.6 Å². The number of rotatable bonds is 5. The van der Waals surface area contributed by atoms with Gasteiger partial charge in [-0.2, -0.15) is 0 Å². The Hall–Kier alpha value is -1.88. The molecule has 0 radical (unpaired) electrons. The molecular weight excluding hydrogens is 258 g/mol. The van der Waals surface area contributed by atoms with E-state index in [9.17, 15) is 4.79 Å². The Labute approximate surface area is 116 Å². The first-order valence-corrected chi connectivity index (χ1v) is 7.04. The lowest BCUT2D eigenvalue weighted by Gasteiger charge is -2.12. The molecule has 0 bridgehead atoms. The van der Waals surface area contributed by atoms with Crippen molar-refractivity contribution in [3.8, 4) is 0 Å². The predicted molar refractivity (Wildman–Crippen MR) is 78.7 cm³/mol. The Balaban J connectivity index is 1.92. The second-order valence-corrected chi connectivity index (χ2v) is 5.37. The highest BCUT2D eigenvalue weighted by Gasteiger charge is 2.11. The average molecular weight is 275 g/mol. The van der Waals surface area contributed by atoms with Gasteiger partial charge in [-0.25, -0.2) is 4.98 Å². The number of amides is 1. The number of thiophene rings is 1. The van der Waals surface area contributed by atoms with Crippen LogP contribution >= 0.6 is 11.3 Å². The van der Waals surface area contributed by atoms with E-state index in [1.807, 2.05) is 31.5 Å². The van der Waals surface area contributed by atoms with Crippen LogP contribution in [0.4, 0.5) is 5.69 Å². The summed E-state index contributed by atoms with van der Waals surface area (Å²) in [5.41, 5.74) is 1.33. The zero-order valence-electron chi connectivity index (χ0n) is 11.0. The number of anilines is 1. The first-order chi connectivity index (χ1) is 9.19. The summed E-state index contributed by atoms with van der Waals surface area (Å²) in [4.78, 5) is 17.4. The van der Waals surface area contributed by atoms with E-state index in [0.29, 0.717) is 5.69 Å². The topological polar surface area (TPSA) is 54.0 Å². The van der Waals surface area contributed by atoms with Gasteiger partial charge in [0.25, 0.3) is 5.91 Å². The SMILES string of the molecule is CNc1ccc(C(=O)NC(C)Cc2cccs2)nc1. The second kappa shape index (κ2) is 6.33. The first kappa shape index (κ1) is 13.5. The third-order valence-electron chi connectivity index (χ3n) is 2.75. The summed E-state index contributed by atoms with van der Waals surface area (Å²) in [5, 5.41) is 7.97. The van der Waals surface area contributed by atoms with Crippen molar-refractivity contribution in [1.29, 1.82) is 0 Å². The van der Waals surface area contributed by atoms with Gasteiger partial charge in [0.1, 0.15) is 5.69 Å². The molecule has 2 aromatic heterocycles. The highest BCUT2D eigenvalue weighted by molar-refractivity contribution is 7.09. The number of nitrogens with zero attached hydrogens (tertiary/aromatic N) is 1. The summed E-state index contributed by atoms with van der Waals surface area (Å²) >= 11 is 1.70. The minimum Gasteiger partial charge on any atom is -0.387 e. The molecule has 2 rings (SSSR count). The van der Waals surface area contributed by atoms with Crippen LogP contribution in [0.3, 0.4) is 0 Å². The predicted octanol–water partition coefficient (Wildman–Crippen LogP) is 2.55.